The SMILES string of the molecule is COc1ccc(-c2cnc(C(=O)Nc3ccc(C(=O)NC4CCN(C(=O)[C@@H]5C[C@@H](O)CN5)CC4)c(Cl)c3)n2C)c(F)c1F. The van der Waals surface area contributed by atoms with Crippen LogP contribution in [-0.2, 0) is 11.8 Å². The van der Waals surface area contributed by atoms with Crippen LogP contribution in [0.3, 0.4) is 0 Å². The molecule has 11 nitrogen and oxygen atoms in total. The monoisotopic (exact) mass is 616 g/mol. The van der Waals surface area contributed by atoms with E-state index < -0.39 is 23.6 Å². The van der Waals surface area contributed by atoms with E-state index in [0.717, 1.165) is 0 Å². The van der Waals surface area contributed by atoms with E-state index in [1.807, 2.05) is 0 Å². The van der Waals surface area contributed by atoms with Gasteiger partial charge in [-0.2, -0.15) is 4.39 Å². The number of anilines is 1. The highest BCUT2D eigenvalue weighted by molar-refractivity contribution is 6.34. The van der Waals surface area contributed by atoms with E-state index in [4.69, 9.17) is 16.3 Å². The molecule has 2 aliphatic heterocycles. The summed E-state index contributed by atoms with van der Waals surface area (Å²) in [6.45, 7) is 1.39. The number of aliphatic hydroxyl groups excluding tert-OH is 1. The van der Waals surface area contributed by atoms with Crippen LogP contribution in [0.15, 0.2) is 36.5 Å². The number of nitrogens with zero attached hydrogens (tertiary/aromatic N) is 3. The zero-order chi connectivity index (χ0) is 30.8. The molecular formula is C29H31ClF2N6O5. The average molecular weight is 617 g/mol. The molecule has 0 saturated carbocycles. The molecule has 5 rings (SSSR count). The van der Waals surface area contributed by atoms with Gasteiger partial charge in [-0.15, -0.1) is 0 Å². The minimum Gasteiger partial charge on any atom is -0.494 e. The number of hydrogen-bond donors (Lipinski definition) is 4. The number of rotatable bonds is 7. The Hall–Kier alpha value is -4.07. The molecule has 14 heteroatoms. The molecule has 4 N–H and O–H groups in total. The number of methoxy groups -OCH3 is 1. The van der Waals surface area contributed by atoms with Gasteiger partial charge in [0, 0.05) is 44.0 Å². The van der Waals surface area contributed by atoms with Gasteiger partial charge >= 0.3 is 0 Å². The molecule has 43 heavy (non-hydrogen) atoms. The van der Waals surface area contributed by atoms with Crippen molar-refractivity contribution in [3.8, 4) is 17.0 Å². The van der Waals surface area contributed by atoms with Crippen LogP contribution in [0.5, 0.6) is 5.75 Å². The van der Waals surface area contributed by atoms with Crippen molar-refractivity contribution in [3.63, 3.8) is 0 Å². The third kappa shape index (κ3) is 6.33. The molecule has 0 bridgehead atoms. The number of nitrogens with one attached hydrogen (secondary N) is 3. The molecule has 2 saturated heterocycles. The molecule has 2 fully saturated rings. The number of carbonyl (C=O) groups excluding carboxylic acids is 3. The molecule has 0 aliphatic carbocycles. The van der Waals surface area contributed by atoms with E-state index in [1.54, 1.807) is 4.90 Å². The molecule has 1 aromatic heterocycles. The van der Waals surface area contributed by atoms with E-state index in [-0.39, 0.29) is 57.3 Å². The number of hydrogen-bond acceptors (Lipinski definition) is 7. The van der Waals surface area contributed by atoms with Gasteiger partial charge in [-0.25, -0.2) is 9.37 Å². The van der Waals surface area contributed by atoms with Gasteiger partial charge in [0.25, 0.3) is 11.8 Å². The first kappa shape index (κ1) is 30.4. The normalized spacial score (nSPS) is 18.9. The summed E-state index contributed by atoms with van der Waals surface area (Å²) in [4.78, 5) is 44.4. The molecule has 0 radical (unpaired) electrons. The van der Waals surface area contributed by atoms with E-state index in [9.17, 15) is 28.3 Å². The molecule has 2 aromatic carbocycles. The predicted molar refractivity (Wildman–Crippen MR) is 154 cm³/mol. The molecule has 0 spiro atoms. The number of piperidine rings is 1. The Kier molecular flexibility index (Phi) is 8.95. The van der Waals surface area contributed by atoms with Crippen LogP contribution in [0.25, 0.3) is 11.3 Å². The van der Waals surface area contributed by atoms with Gasteiger partial charge in [0.15, 0.2) is 17.4 Å². The lowest BCUT2D eigenvalue weighted by molar-refractivity contribution is -0.134. The second kappa shape index (κ2) is 12.7. The van der Waals surface area contributed by atoms with Gasteiger partial charge < -0.3 is 35.3 Å². The van der Waals surface area contributed by atoms with Crippen molar-refractivity contribution >= 4 is 35.0 Å². The van der Waals surface area contributed by atoms with Crippen LogP contribution in [0.4, 0.5) is 14.5 Å². The van der Waals surface area contributed by atoms with Crippen molar-refractivity contribution in [2.75, 3.05) is 32.1 Å². The Balaban J connectivity index is 1.18. The quantitative estimate of drug-likeness (QED) is 0.320. The van der Waals surface area contributed by atoms with Gasteiger partial charge in [0.2, 0.25) is 11.7 Å². The Bertz CT molecular complexity index is 1560. The number of benzene rings is 2. The Labute approximate surface area is 251 Å². The minimum absolute atomic E-state index is 0.0365. The van der Waals surface area contributed by atoms with E-state index in [2.05, 4.69) is 20.9 Å². The predicted octanol–water partition coefficient (Wildman–Crippen LogP) is 2.72. The van der Waals surface area contributed by atoms with Gasteiger partial charge in [0.05, 0.1) is 41.7 Å². The van der Waals surface area contributed by atoms with Crippen molar-refractivity contribution in [2.45, 2.75) is 37.5 Å². The second-order valence-electron chi connectivity index (χ2n) is 10.5. The van der Waals surface area contributed by atoms with Crippen molar-refractivity contribution in [1.29, 1.82) is 0 Å². The van der Waals surface area contributed by atoms with Crippen molar-refractivity contribution < 1.29 is 33.0 Å². The highest BCUT2D eigenvalue weighted by Crippen LogP contribution is 2.30. The number of β-amino-alcohol motifs (C(OH)–C–C–N with tert-alkyl or cyclic N) is 1. The maximum absolute atomic E-state index is 14.6. The van der Waals surface area contributed by atoms with Crippen molar-refractivity contribution in [3.05, 3.63) is 64.6 Å². The van der Waals surface area contributed by atoms with Crippen LogP contribution in [-0.4, -0.2) is 82.2 Å². The lowest BCUT2D eigenvalue weighted by atomic mass is 10.0. The first-order valence-corrected chi connectivity index (χ1v) is 14.1. The Morgan fingerprint density at radius 3 is 2.51 bits per heavy atom. The first-order valence-electron chi connectivity index (χ1n) is 13.7. The zero-order valence-electron chi connectivity index (χ0n) is 23.5. The summed E-state index contributed by atoms with van der Waals surface area (Å²) >= 11 is 6.39. The molecule has 3 aromatic rings. The summed E-state index contributed by atoms with van der Waals surface area (Å²) in [6, 6.07) is 6.54. The van der Waals surface area contributed by atoms with Crippen molar-refractivity contribution in [1.82, 2.24) is 25.1 Å². The lowest BCUT2D eigenvalue weighted by Crippen LogP contribution is -2.50. The number of halogens is 3. The second-order valence-corrected chi connectivity index (χ2v) is 10.9. The highest BCUT2D eigenvalue weighted by atomic mass is 35.5. The number of ether oxygens (including phenoxy) is 1. The van der Waals surface area contributed by atoms with Crippen LogP contribution >= 0.6 is 11.6 Å². The smallest absolute Gasteiger partial charge is 0.291 e. The fourth-order valence-electron chi connectivity index (χ4n) is 5.35. The largest absolute Gasteiger partial charge is 0.494 e. The van der Waals surface area contributed by atoms with Gasteiger partial charge in [-0.05, 0) is 49.6 Å². The maximum atomic E-state index is 14.6. The van der Waals surface area contributed by atoms with E-state index in [0.29, 0.717) is 44.6 Å². The molecule has 2 atom stereocenters. The molecule has 2 aliphatic rings. The third-order valence-electron chi connectivity index (χ3n) is 7.75. The fourth-order valence-corrected chi connectivity index (χ4v) is 5.62. The minimum atomic E-state index is -1.15. The number of aromatic nitrogens is 2. The average Bonchev–Trinajstić information content (AvgIpc) is 3.60. The summed E-state index contributed by atoms with van der Waals surface area (Å²) in [7, 11) is 2.73. The summed E-state index contributed by atoms with van der Waals surface area (Å²) in [5, 5.41) is 18.4. The van der Waals surface area contributed by atoms with Gasteiger partial charge in [0.1, 0.15) is 0 Å². The molecular weight excluding hydrogens is 586 g/mol. The third-order valence-corrected chi connectivity index (χ3v) is 8.07. The molecule has 3 amide bonds. The Morgan fingerprint density at radius 2 is 1.86 bits per heavy atom. The van der Waals surface area contributed by atoms with Crippen LogP contribution in [0.2, 0.25) is 5.02 Å². The first-order chi connectivity index (χ1) is 20.6. The summed E-state index contributed by atoms with van der Waals surface area (Å²) < 4.78 is 35.0. The highest BCUT2D eigenvalue weighted by Gasteiger charge is 2.33. The standard InChI is InChI=1S/C29H31ClF2N6O5/c1-37-22(19-5-6-23(43-2)25(32)24(19)31)14-34-26(37)28(41)36-16-3-4-18(20(30)11-16)27(40)35-15-7-9-38(10-8-15)29(42)21-12-17(39)13-33-21/h3-6,11,14-15,17,21,33,39H,7-10,12-13H2,1-2H3,(H,35,40)(H,36,41)/t17-,21+/m1/s1. The summed E-state index contributed by atoms with van der Waals surface area (Å²) in [6.07, 6.45) is 2.31. The number of aliphatic hydroxyl groups is 1. The van der Waals surface area contributed by atoms with E-state index in [1.165, 1.54) is 55.3 Å². The van der Waals surface area contributed by atoms with Crippen LogP contribution in [0.1, 0.15) is 40.2 Å². The van der Waals surface area contributed by atoms with Crippen LogP contribution in [0, 0.1) is 11.6 Å². The number of likely N-dealkylation sites (tertiary alicyclic amines) is 1. The van der Waals surface area contributed by atoms with Gasteiger partial charge in [-0.1, -0.05) is 11.6 Å². The number of carbonyl (C=O) groups is 3. The van der Waals surface area contributed by atoms with Crippen molar-refractivity contribution in [2.24, 2.45) is 7.05 Å². The van der Waals surface area contributed by atoms with Crippen LogP contribution < -0.4 is 20.7 Å². The van der Waals surface area contributed by atoms with Gasteiger partial charge in [-0.3, -0.25) is 14.4 Å². The summed E-state index contributed by atoms with van der Waals surface area (Å²) in [5.74, 6) is -3.62. The maximum Gasteiger partial charge on any atom is 0.291 e. The number of imidazole rings is 1. The molecule has 0 unspecified atom stereocenters. The Morgan fingerprint density at radius 1 is 1.12 bits per heavy atom. The summed E-state index contributed by atoms with van der Waals surface area (Å²) in [5.41, 5.74) is 0.612. The lowest BCUT2D eigenvalue weighted by Gasteiger charge is -2.34. The molecule has 228 valence electrons. The van der Waals surface area contributed by atoms with E-state index >= 15 is 0 Å². The number of amides is 3. The topological polar surface area (TPSA) is 138 Å². The molecule has 3 heterocycles. The fraction of sp³-hybridized carbons (Fsp3) is 0.379. The zero-order valence-corrected chi connectivity index (χ0v) is 24.3.